The lowest BCUT2D eigenvalue weighted by atomic mass is 9.95. The van der Waals surface area contributed by atoms with Crippen LogP contribution in [0.15, 0.2) is 47.0 Å². The van der Waals surface area contributed by atoms with Crippen molar-refractivity contribution >= 4 is 34.8 Å². The summed E-state index contributed by atoms with van der Waals surface area (Å²) in [7, 11) is 0. The van der Waals surface area contributed by atoms with Crippen LogP contribution in [0.2, 0.25) is 10.0 Å². The van der Waals surface area contributed by atoms with Crippen molar-refractivity contribution in [1.82, 2.24) is 15.0 Å². The Hall–Kier alpha value is -2.57. The lowest BCUT2D eigenvalue weighted by Gasteiger charge is -2.36. The van der Waals surface area contributed by atoms with E-state index in [1.165, 1.54) is 11.3 Å². The minimum absolute atomic E-state index is 0.0677. The monoisotopic (exact) mass is 500 g/mol. The van der Waals surface area contributed by atoms with Crippen molar-refractivity contribution in [1.29, 1.82) is 0 Å². The molecule has 0 N–H and O–H groups in total. The first-order chi connectivity index (χ1) is 16.3. The van der Waals surface area contributed by atoms with Crippen LogP contribution in [0.1, 0.15) is 38.1 Å². The third kappa shape index (κ3) is 5.91. The van der Waals surface area contributed by atoms with Crippen molar-refractivity contribution < 1.29 is 9.32 Å². The molecule has 6 nitrogen and oxygen atoms in total. The molecule has 1 aliphatic heterocycles. The number of carbonyl (C=O) groups is 1. The average Bonchev–Trinajstić information content (AvgIpc) is 3.26. The number of carbonyl (C=O) groups excluding carboxylic acids is 1. The first kappa shape index (κ1) is 24.6. The van der Waals surface area contributed by atoms with Crippen molar-refractivity contribution in [2.75, 3.05) is 24.5 Å². The highest BCUT2D eigenvalue weighted by Gasteiger charge is 2.31. The van der Waals surface area contributed by atoms with Crippen LogP contribution >= 0.6 is 23.2 Å². The standard InChI is InChI=1S/C26H30Cl2N4O2/c1-17(2)14-32(16-24-29-25(30-34-24)22-11-8-20(27)13-23(22)28)26(33)19-5-4-12-31(15-19)21-9-6-18(3)7-10-21/h6-11,13,17,19H,4-5,12,14-16H2,1-3H3/t19-/m1/s1. The molecule has 0 saturated carbocycles. The van der Waals surface area contributed by atoms with Crippen LogP contribution in [0, 0.1) is 18.8 Å². The highest BCUT2D eigenvalue weighted by atomic mass is 35.5. The van der Waals surface area contributed by atoms with Crippen LogP contribution in [0.25, 0.3) is 11.4 Å². The molecule has 1 fully saturated rings. The van der Waals surface area contributed by atoms with Gasteiger partial charge in [0.15, 0.2) is 0 Å². The van der Waals surface area contributed by atoms with Gasteiger partial charge in [-0.25, -0.2) is 0 Å². The smallest absolute Gasteiger partial charge is 0.246 e. The molecule has 1 saturated heterocycles. The fraction of sp³-hybridized carbons (Fsp3) is 0.423. The number of piperidine rings is 1. The van der Waals surface area contributed by atoms with Crippen molar-refractivity contribution in [3.8, 4) is 11.4 Å². The Morgan fingerprint density at radius 3 is 2.68 bits per heavy atom. The number of benzene rings is 2. The fourth-order valence-corrected chi connectivity index (χ4v) is 4.86. The van der Waals surface area contributed by atoms with Gasteiger partial charge < -0.3 is 14.3 Å². The van der Waals surface area contributed by atoms with Crippen LogP contribution in [-0.4, -0.2) is 40.6 Å². The summed E-state index contributed by atoms with van der Waals surface area (Å²) in [5.41, 5.74) is 3.04. The summed E-state index contributed by atoms with van der Waals surface area (Å²) in [6.07, 6.45) is 1.87. The molecule has 1 amide bonds. The summed E-state index contributed by atoms with van der Waals surface area (Å²) in [5.74, 6) is 1.16. The summed E-state index contributed by atoms with van der Waals surface area (Å²) >= 11 is 12.3. The van der Waals surface area contributed by atoms with Gasteiger partial charge in [-0.1, -0.05) is 59.9 Å². The molecule has 4 rings (SSSR count). The number of hydrogen-bond acceptors (Lipinski definition) is 5. The van der Waals surface area contributed by atoms with Crippen LogP contribution in [0.3, 0.4) is 0 Å². The zero-order valence-corrected chi connectivity index (χ0v) is 21.3. The SMILES string of the molecule is Cc1ccc(N2CCC[C@@H](C(=O)N(Cc3nc(-c4ccc(Cl)cc4Cl)no3)CC(C)C)C2)cc1. The van der Waals surface area contributed by atoms with E-state index in [4.69, 9.17) is 27.7 Å². The molecule has 34 heavy (non-hydrogen) atoms. The topological polar surface area (TPSA) is 62.5 Å². The molecular formula is C26H30Cl2N4O2. The number of nitrogens with zero attached hydrogens (tertiary/aromatic N) is 4. The normalized spacial score (nSPS) is 16.2. The van der Waals surface area contributed by atoms with Gasteiger partial charge >= 0.3 is 0 Å². The van der Waals surface area contributed by atoms with E-state index in [0.717, 1.165) is 19.4 Å². The molecule has 2 aromatic carbocycles. The quantitative estimate of drug-likeness (QED) is 0.383. The van der Waals surface area contributed by atoms with Gasteiger partial charge in [-0.15, -0.1) is 0 Å². The van der Waals surface area contributed by atoms with E-state index in [-0.39, 0.29) is 18.4 Å². The van der Waals surface area contributed by atoms with Crippen LogP contribution in [0.4, 0.5) is 5.69 Å². The Morgan fingerprint density at radius 1 is 1.21 bits per heavy atom. The van der Waals surface area contributed by atoms with Crippen molar-refractivity contribution in [3.63, 3.8) is 0 Å². The Bertz CT molecular complexity index is 1130. The second-order valence-electron chi connectivity index (χ2n) is 9.37. The second-order valence-corrected chi connectivity index (χ2v) is 10.2. The summed E-state index contributed by atoms with van der Waals surface area (Å²) in [6.45, 7) is 8.87. The first-order valence-corrected chi connectivity index (χ1v) is 12.4. The number of aromatic nitrogens is 2. The van der Waals surface area contributed by atoms with E-state index in [2.05, 4.69) is 60.1 Å². The van der Waals surface area contributed by atoms with Gasteiger partial charge in [0, 0.05) is 35.9 Å². The van der Waals surface area contributed by atoms with Gasteiger partial charge in [0.1, 0.15) is 6.54 Å². The molecule has 0 unspecified atom stereocenters. The Balaban J connectivity index is 1.49. The van der Waals surface area contributed by atoms with Gasteiger partial charge in [-0.3, -0.25) is 4.79 Å². The van der Waals surface area contributed by atoms with Gasteiger partial charge in [0.05, 0.1) is 10.9 Å². The summed E-state index contributed by atoms with van der Waals surface area (Å²) in [5, 5.41) is 5.07. The Labute approximate surface area is 210 Å². The lowest BCUT2D eigenvalue weighted by molar-refractivity contribution is -0.137. The van der Waals surface area contributed by atoms with E-state index in [9.17, 15) is 4.79 Å². The number of rotatable bonds is 7. The number of aryl methyl sites for hydroxylation is 1. The lowest BCUT2D eigenvalue weighted by Crippen LogP contribution is -2.45. The Morgan fingerprint density at radius 2 is 1.97 bits per heavy atom. The summed E-state index contributed by atoms with van der Waals surface area (Å²) in [6, 6.07) is 13.6. The molecule has 180 valence electrons. The van der Waals surface area contributed by atoms with Crippen LogP contribution in [0.5, 0.6) is 0 Å². The predicted molar refractivity (Wildman–Crippen MR) is 136 cm³/mol. The molecular weight excluding hydrogens is 471 g/mol. The van der Waals surface area contributed by atoms with Crippen molar-refractivity contribution in [3.05, 3.63) is 64.0 Å². The van der Waals surface area contributed by atoms with Crippen molar-refractivity contribution in [2.24, 2.45) is 11.8 Å². The second kappa shape index (κ2) is 10.8. The highest BCUT2D eigenvalue weighted by Crippen LogP contribution is 2.29. The third-order valence-corrected chi connectivity index (χ3v) is 6.58. The zero-order valence-electron chi connectivity index (χ0n) is 19.8. The maximum absolute atomic E-state index is 13.6. The molecule has 0 aliphatic carbocycles. The highest BCUT2D eigenvalue weighted by molar-refractivity contribution is 6.36. The molecule has 1 atom stereocenters. The minimum atomic E-state index is -0.0677. The molecule has 3 aromatic rings. The minimum Gasteiger partial charge on any atom is -0.371 e. The van der Waals surface area contributed by atoms with Gasteiger partial charge in [0.2, 0.25) is 17.6 Å². The molecule has 1 aliphatic rings. The maximum Gasteiger partial charge on any atom is 0.246 e. The Kier molecular flexibility index (Phi) is 7.79. The largest absolute Gasteiger partial charge is 0.371 e. The van der Waals surface area contributed by atoms with Crippen LogP contribution in [-0.2, 0) is 11.3 Å². The van der Waals surface area contributed by atoms with Crippen LogP contribution < -0.4 is 4.90 Å². The zero-order chi connectivity index (χ0) is 24.2. The average molecular weight is 501 g/mol. The molecule has 0 bridgehead atoms. The number of hydrogen-bond donors (Lipinski definition) is 0. The van der Waals surface area contributed by atoms with E-state index >= 15 is 0 Å². The van der Waals surface area contributed by atoms with Gasteiger partial charge in [-0.05, 0) is 56.0 Å². The third-order valence-electron chi connectivity index (χ3n) is 6.03. The van der Waals surface area contributed by atoms with E-state index in [0.29, 0.717) is 46.3 Å². The molecule has 8 heteroatoms. The molecule has 1 aromatic heterocycles. The molecule has 0 spiro atoms. The maximum atomic E-state index is 13.6. The van der Waals surface area contributed by atoms with Gasteiger partial charge in [0.25, 0.3) is 0 Å². The van der Waals surface area contributed by atoms with E-state index in [1.54, 1.807) is 18.2 Å². The summed E-state index contributed by atoms with van der Waals surface area (Å²) < 4.78 is 5.50. The number of anilines is 1. The number of halogens is 2. The predicted octanol–water partition coefficient (Wildman–Crippen LogP) is 6.25. The fourth-order valence-electron chi connectivity index (χ4n) is 4.36. The number of amides is 1. The molecule has 0 radical (unpaired) electrons. The van der Waals surface area contributed by atoms with Gasteiger partial charge in [-0.2, -0.15) is 4.98 Å². The summed E-state index contributed by atoms with van der Waals surface area (Å²) in [4.78, 5) is 22.3. The molecule has 2 heterocycles. The van der Waals surface area contributed by atoms with Crippen molar-refractivity contribution in [2.45, 2.75) is 40.2 Å². The van der Waals surface area contributed by atoms with E-state index in [1.807, 2.05) is 4.90 Å². The van der Waals surface area contributed by atoms with E-state index < -0.39 is 0 Å². The first-order valence-electron chi connectivity index (χ1n) is 11.7.